The van der Waals surface area contributed by atoms with E-state index in [4.69, 9.17) is 4.74 Å². The molecule has 2 nitrogen and oxygen atoms in total. The minimum atomic E-state index is -1.21. The van der Waals surface area contributed by atoms with Crippen molar-refractivity contribution in [2.24, 2.45) is 0 Å². The number of halogens is 2. The minimum absolute atomic E-state index is 0.352. The van der Waals surface area contributed by atoms with Gasteiger partial charge in [-0.15, -0.1) is 4.39 Å². The van der Waals surface area contributed by atoms with E-state index in [9.17, 15) is 13.9 Å². The molecule has 0 saturated carbocycles. The number of hydrogen-bond donors (Lipinski definition) is 1. The zero-order chi connectivity index (χ0) is 13.7. The van der Waals surface area contributed by atoms with Gasteiger partial charge in [-0.3, -0.25) is 0 Å². The highest BCUT2D eigenvalue weighted by molar-refractivity contribution is 5.36. The van der Waals surface area contributed by atoms with Crippen LogP contribution >= 0.6 is 0 Å². The lowest BCUT2D eigenvalue weighted by Gasteiger charge is -2.08. The van der Waals surface area contributed by atoms with Crippen LogP contribution in [0.25, 0.3) is 0 Å². The molecule has 1 atom stereocenters. The van der Waals surface area contributed by atoms with Crippen molar-refractivity contribution in [3.05, 3.63) is 59.9 Å². The van der Waals surface area contributed by atoms with E-state index in [1.54, 1.807) is 24.3 Å². The van der Waals surface area contributed by atoms with Gasteiger partial charge >= 0.3 is 0 Å². The van der Waals surface area contributed by atoms with Crippen LogP contribution in [0.4, 0.5) is 8.78 Å². The van der Waals surface area contributed by atoms with E-state index in [1.165, 1.54) is 24.3 Å². The summed E-state index contributed by atoms with van der Waals surface area (Å²) in [6.07, 6.45) is -0.0478. The van der Waals surface area contributed by atoms with Crippen LogP contribution in [0.1, 0.15) is 11.7 Å². The second-order valence-corrected chi connectivity index (χ2v) is 3.77. The predicted octanol–water partition coefficient (Wildman–Crippen LogP) is 3.58. The number of rotatable bonds is 3. The highest BCUT2D eigenvalue weighted by Crippen LogP contribution is 2.24. The summed E-state index contributed by atoms with van der Waals surface area (Å²) in [6, 6.07) is 12.0. The zero-order valence-corrected chi connectivity index (χ0v) is 9.81. The molecule has 0 saturated heterocycles. The second-order valence-electron chi connectivity index (χ2n) is 3.77. The first-order valence-corrected chi connectivity index (χ1v) is 5.51. The maximum Gasteiger partial charge on any atom is 0.143 e. The Bertz CT molecular complexity index is 612. The largest absolute Gasteiger partial charge is 0.457 e. The third-order valence-corrected chi connectivity index (χ3v) is 2.41. The predicted molar refractivity (Wildman–Crippen MR) is 66.8 cm³/mol. The molecule has 0 radical (unpaired) electrons. The van der Waals surface area contributed by atoms with Gasteiger partial charge in [0.15, 0.2) is 0 Å². The lowest BCUT2D eigenvalue weighted by atomic mass is 10.1. The van der Waals surface area contributed by atoms with Crippen LogP contribution in [0.5, 0.6) is 11.5 Å². The van der Waals surface area contributed by atoms with Gasteiger partial charge in [0, 0.05) is 0 Å². The molecule has 0 aliphatic carbocycles. The maximum atomic E-state index is 12.7. The third kappa shape index (κ3) is 3.54. The van der Waals surface area contributed by atoms with Crippen LogP contribution in [-0.2, 0) is 0 Å². The van der Waals surface area contributed by atoms with Gasteiger partial charge in [0.2, 0.25) is 0 Å². The van der Waals surface area contributed by atoms with Gasteiger partial charge < -0.3 is 9.84 Å². The summed E-state index contributed by atoms with van der Waals surface area (Å²) in [6.45, 7) is 0. The summed E-state index contributed by atoms with van der Waals surface area (Å²) in [4.78, 5) is 0. The van der Waals surface area contributed by atoms with Gasteiger partial charge in [0.25, 0.3) is 0 Å². The van der Waals surface area contributed by atoms with Gasteiger partial charge in [-0.1, -0.05) is 12.1 Å². The number of hydrogen-bond acceptors (Lipinski definition) is 2. The van der Waals surface area contributed by atoms with Crippen LogP contribution in [0.3, 0.4) is 0 Å². The molecule has 0 amide bonds. The molecule has 96 valence electrons. The molecule has 0 fully saturated rings. The molecular formula is C15H10F2O2. The maximum absolute atomic E-state index is 12.7. The Morgan fingerprint density at radius 2 is 1.79 bits per heavy atom. The summed E-state index contributed by atoms with van der Waals surface area (Å²) in [5.74, 6) is 2.55. The molecule has 2 aromatic rings. The molecule has 2 rings (SSSR count). The molecule has 19 heavy (non-hydrogen) atoms. The Kier molecular flexibility index (Phi) is 4.11. The summed E-state index contributed by atoms with van der Waals surface area (Å²) in [7, 11) is 0. The van der Waals surface area contributed by atoms with Crippen molar-refractivity contribution in [3.8, 4) is 23.6 Å². The lowest BCUT2D eigenvalue weighted by molar-refractivity contribution is 0.237. The Morgan fingerprint density at radius 3 is 2.47 bits per heavy atom. The van der Waals surface area contributed by atoms with Crippen molar-refractivity contribution in [3.63, 3.8) is 0 Å². The summed E-state index contributed by atoms with van der Waals surface area (Å²) < 4.78 is 30.1. The van der Waals surface area contributed by atoms with Crippen molar-refractivity contribution in [2.75, 3.05) is 0 Å². The second kappa shape index (κ2) is 5.98. The van der Waals surface area contributed by atoms with Crippen molar-refractivity contribution in [1.29, 1.82) is 0 Å². The van der Waals surface area contributed by atoms with Gasteiger partial charge in [-0.05, 0) is 47.9 Å². The Morgan fingerprint density at radius 1 is 1.05 bits per heavy atom. The average molecular weight is 260 g/mol. The molecule has 0 bridgehead atoms. The van der Waals surface area contributed by atoms with Gasteiger partial charge in [-0.25, -0.2) is 4.39 Å². The molecule has 4 heteroatoms. The number of aliphatic hydroxyl groups excluding tert-OH is 1. The van der Waals surface area contributed by atoms with E-state index in [0.717, 1.165) is 6.17 Å². The molecule has 0 aliphatic heterocycles. The van der Waals surface area contributed by atoms with Crippen molar-refractivity contribution in [2.45, 2.75) is 6.10 Å². The first kappa shape index (κ1) is 13.1. The smallest absolute Gasteiger partial charge is 0.143 e. The minimum Gasteiger partial charge on any atom is -0.457 e. The van der Waals surface area contributed by atoms with Crippen molar-refractivity contribution >= 4 is 0 Å². The Labute approximate surface area is 109 Å². The SMILES string of the molecule is OC(C#CF)c1cccc(Oc2ccc(F)cc2)c1. The van der Waals surface area contributed by atoms with Crippen LogP contribution in [0.15, 0.2) is 48.5 Å². The monoisotopic (exact) mass is 260 g/mol. The highest BCUT2D eigenvalue weighted by atomic mass is 19.1. The van der Waals surface area contributed by atoms with Crippen LogP contribution in [-0.4, -0.2) is 5.11 Å². The number of ether oxygens (including phenoxy) is 1. The normalized spacial score (nSPS) is 11.3. The summed E-state index contributed by atoms with van der Waals surface area (Å²) >= 11 is 0. The molecule has 1 unspecified atom stereocenters. The Balaban J connectivity index is 2.18. The molecule has 2 aromatic carbocycles. The summed E-state index contributed by atoms with van der Waals surface area (Å²) in [5.41, 5.74) is 0.421. The standard InChI is InChI=1S/C15H10F2O2/c16-9-8-15(18)11-2-1-3-14(10-11)19-13-6-4-12(17)5-7-13/h1-7,10,15,18H. The average Bonchev–Trinajstić information content (AvgIpc) is 2.42. The number of benzene rings is 2. The van der Waals surface area contributed by atoms with E-state index in [2.05, 4.69) is 0 Å². The van der Waals surface area contributed by atoms with Gasteiger partial charge in [0.1, 0.15) is 29.6 Å². The molecule has 0 aromatic heterocycles. The first-order chi connectivity index (χ1) is 9.19. The fourth-order valence-electron chi connectivity index (χ4n) is 1.52. The van der Waals surface area contributed by atoms with E-state index in [-0.39, 0.29) is 5.82 Å². The molecule has 0 aliphatic rings. The van der Waals surface area contributed by atoms with E-state index >= 15 is 0 Å². The fourth-order valence-corrected chi connectivity index (χ4v) is 1.52. The van der Waals surface area contributed by atoms with Crippen LogP contribution < -0.4 is 4.74 Å². The first-order valence-electron chi connectivity index (χ1n) is 5.51. The molecule has 0 spiro atoms. The van der Waals surface area contributed by atoms with Crippen LogP contribution in [0, 0.1) is 17.9 Å². The van der Waals surface area contributed by atoms with Gasteiger partial charge in [0.05, 0.1) is 0 Å². The van der Waals surface area contributed by atoms with Crippen LogP contribution in [0.2, 0.25) is 0 Å². The van der Waals surface area contributed by atoms with Gasteiger partial charge in [-0.2, -0.15) is 0 Å². The molecular weight excluding hydrogens is 250 g/mol. The van der Waals surface area contributed by atoms with E-state index in [1.807, 2.05) is 5.92 Å². The van der Waals surface area contributed by atoms with Crippen molar-refractivity contribution in [1.82, 2.24) is 0 Å². The Hall–Kier alpha value is -2.38. The van der Waals surface area contributed by atoms with E-state index < -0.39 is 6.10 Å². The lowest BCUT2D eigenvalue weighted by Crippen LogP contribution is -1.94. The molecule has 1 N–H and O–H groups in total. The van der Waals surface area contributed by atoms with E-state index in [0.29, 0.717) is 17.1 Å². The topological polar surface area (TPSA) is 29.5 Å². The highest BCUT2D eigenvalue weighted by Gasteiger charge is 2.06. The molecule has 0 heterocycles. The quantitative estimate of drug-likeness (QED) is 0.855. The third-order valence-electron chi connectivity index (χ3n) is 2.41. The summed E-state index contributed by atoms with van der Waals surface area (Å²) in [5, 5.41) is 9.53. The zero-order valence-electron chi connectivity index (χ0n) is 9.81. The number of aliphatic hydroxyl groups is 1. The van der Waals surface area contributed by atoms with Crippen molar-refractivity contribution < 1.29 is 18.6 Å². The fraction of sp³-hybridized carbons (Fsp3) is 0.0667.